The van der Waals surface area contributed by atoms with Gasteiger partial charge in [-0.2, -0.15) is 0 Å². The number of hydroxylamine groups is 2. The maximum Gasteiger partial charge on any atom is 0.263 e. The van der Waals surface area contributed by atoms with Crippen LogP contribution in [0.15, 0.2) is 12.8 Å². The summed E-state index contributed by atoms with van der Waals surface area (Å²) in [4.78, 5) is 5.54. The van der Waals surface area contributed by atoms with Gasteiger partial charge in [-0.25, -0.2) is 5.06 Å². The molecule has 3 fully saturated rings. The molecule has 3 aliphatic rings. The van der Waals surface area contributed by atoms with Gasteiger partial charge in [0.15, 0.2) is 0 Å². The molecule has 0 saturated carbocycles. The van der Waals surface area contributed by atoms with Crippen LogP contribution >= 0.6 is 0 Å². The second kappa shape index (κ2) is 6.17. The Balaban J connectivity index is 1.44. The third kappa shape index (κ3) is 4.72. The van der Waals surface area contributed by atoms with Gasteiger partial charge in [0.1, 0.15) is 24.9 Å². The van der Waals surface area contributed by atoms with E-state index in [4.69, 9.17) is 28.5 Å². The van der Waals surface area contributed by atoms with Crippen LogP contribution < -0.4 is 0 Å². The summed E-state index contributed by atoms with van der Waals surface area (Å²) in [5, 5.41) is 1.46. The largest absolute Gasteiger partial charge is 0.371 e. The lowest BCUT2D eigenvalue weighted by molar-refractivity contribution is -0.318. The van der Waals surface area contributed by atoms with E-state index in [-0.39, 0.29) is 18.3 Å². The Hall–Kier alpha value is -0.700. The highest BCUT2D eigenvalue weighted by Gasteiger charge is 2.31. The minimum Gasteiger partial charge on any atom is -0.371 e. The molecule has 19 heavy (non-hydrogen) atoms. The molecule has 0 N–H and O–H groups in total. The first-order valence-electron chi connectivity index (χ1n) is 6.47. The number of hydrogen-bond acceptors (Lipinski definition) is 7. The fourth-order valence-corrected chi connectivity index (χ4v) is 1.44. The van der Waals surface area contributed by atoms with Crippen LogP contribution in [-0.4, -0.2) is 69.4 Å². The van der Waals surface area contributed by atoms with Crippen molar-refractivity contribution in [1.82, 2.24) is 5.06 Å². The SMILES string of the molecule is C=CN(OCC1CO1)C(OCC1CO1)OCC1CO1. The summed E-state index contributed by atoms with van der Waals surface area (Å²) in [6.07, 6.45) is 1.41. The van der Waals surface area contributed by atoms with E-state index in [1.54, 1.807) is 0 Å². The quantitative estimate of drug-likeness (QED) is 0.295. The van der Waals surface area contributed by atoms with Crippen LogP contribution in [0.5, 0.6) is 0 Å². The molecule has 3 aliphatic heterocycles. The molecule has 108 valence electrons. The van der Waals surface area contributed by atoms with Crippen molar-refractivity contribution < 1.29 is 28.5 Å². The zero-order valence-electron chi connectivity index (χ0n) is 10.7. The molecule has 0 amide bonds. The van der Waals surface area contributed by atoms with Gasteiger partial charge in [-0.3, -0.25) is 4.84 Å². The molecule has 0 aromatic heterocycles. The molecule has 0 radical (unpaired) electrons. The maximum absolute atomic E-state index is 5.64. The minimum absolute atomic E-state index is 0.168. The Morgan fingerprint density at radius 3 is 1.89 bits per heavy atom. The van der Waals surface area contributed by atoms with Crippen molar-refractivity contribution in [2.75, 3.05) is 39.6 Å². The van der Waals surface area contributed by atoms with Crippen LogP contribution in [0.1, 0.15) is 0 Å². The lowest BCUT2D eigenvalue weighted by atomic mass is 10.5. The Morgan fingerprint density at radius 2 is 1.47 bits per heavy atom. The summed E-state index contributed by atoms with van der Waals surface area (Å²) in [5.74, 6) is 0. The second-order valence-corrected chi connectivity index (χ2v) is 4.68. The van der Waals surface area contributed by atoms with Gasteiger partial charge in [-0.1, -0.05) is 6.58 Å². The maximum atomic E-state index is 5.64. The Bertz CT molecular complexity index is 287. The Labute approximate surface area is 111 Å². The van der Waals surface area contributed by atoms with E-state index in [0.29, 0.717) is 19.8 Å². The molecule has 0 aliphatic carbocycles. The number of hydrogen-bond donors (Lipinski definition) is 0. The van der Waals surface area contributed by atoms with Gasteiger partial charge in [0, 0.05) is 6.20 Å². The fourth-order valence-electron chi connectivity index (χ4n) is 1.44. The monoisotopic (exact) mass is 273 g/mol. The van der Waals surface area contributed by atoms with E-state index < -0.39 is 6.41 Å². The van der Waals surface area contributed by atoms with Crippen molar-refractivity contribution in [2.45, 2.75) is 24.7 Å². The van der Waals surface area contributed by atoms with Gasteiger partial charge in [-0.15, -0.1) is 0 Å². The van der Waals surface area contributed by atoms with Crippen molar-refractivity contribution in [1.29, 1.82) is 0 Å². The number of ether oxygens (including phenoxy) is 5. The third-order valence-electron chi connectivity index (χ3n) is 2.85. The molecule has 3 saturated heterocycles. The van der Waals surface area contributed by atoms with Crippen molar-refractivity contribution in [3.8, 4) is 0 Å². The molecule has 0 aromatic carbocycles. The van der Waals surface area contributed by atoms with Crippen LogP contribution in [0, 0.1) is 0 Å². The predicted octanol–water partition coefficient (Wildman–Crippen LogP) is -0.123. The van der Waals surface area contributed by atoms with Crippen LogP contribution in [0.4, 0.5) is 0 Å². The van der Waals surface area contributed by atoms with Crippen LogP contribution in [0.3, 0.4) is 0 Å². The van der Waals surface area contributed by atoms with E-state index in [2.05, 4.69) is 6.58 Å². The highest BCUT2D eigenvalue weighted by Crippen LogP contribution is 2.17. The van der Waals surface area contributed by atoms with E-state index in [1.165, 1.54) is 11.3 Å². The number of rotatable bonds is 11. The van der Waals surface area contributed by atoms with Crippen LogP contribution in [0.25, 0.3) is 0 Å². The van der Waals surface area contributed by atoms with E-state index in [1.807, 2.05) is 0 Å². The van der Waals surface area contributed by atoms with E-state index >= 15 is 0 Å². The first kappa shape index (κ1) is 13.3. The van der Waals surface area contributed by atoms with Crippen molar-refractivity contribution in [3.63, 3.8) is 0 Å². The Morgan fingerprint density at radius 1 is 1.00 bits per heavy atom. The molecule has 0 aromatic rings. The van der Waals surface area contributed by atoms with Gasteiger partial charge in [0.2, 0.25) is 0 Å². The molecule has 3 atom stereocenters. The highest BCUT2D eigenvalue weighted by atomic mass is 16.8. The molecule has 3 unspecified atom stereocenters. The van der Waals surface area contributed by atoms with Crippen molar-refractivity contribution in [3.05, 3.63) is 12.8 Å². The summed E-state index contributed by atoms with van der Waals surface area (Å²) < 4.78 is 26.6. The molecular weight excluding hydrogens is 254 g/mol. The summed E-state index contributed by atoms with van der Waals surface area (Å²) in [6, 6.07) is 0. The van der Waals surface area contributed by atoms with E-state index in [0.717, 1.165) is 19.8 Å². The second-order valence-electron chi connectivity index (χ2n) is 4.68. The lowest BCUT2D eigenvalue weighted by Gasteiger charge is -2.28. The molecular formula is C12H19NO6. The van der Waals surface area contributed by atoms with Gasteiger partial charge in [0.05, 0.1) is 33.0 Å². The fraction of sp³-hybridized carbons (Fsp3) is 0.833. The van der Waals surface area contributed by atoms with Crippen LogP contribution in [-0.2, 0) is 28.5 Å². The molecule has 7 nitrogen and oxygen atoms in total. The van der Waals surface area contributed by atoms with E-state index in [9.17, 15) is 0 Å². The van der Waals surface area contributed by atoms with Gasteiger partial charge < -0.3 is 23.7 Å². The van der Waals surface area contributed by atoms with Gasteiger partial charge in [-0.05, 0) is 0 Å². The summed E-state index contributed by atoms with van der Waals surface area (Å²) in [6.45, 7) is 7.34. The molecule has 3 rings (SSSR count). The summed E-state index contributed by atoms with van der Waals surface area (Å²) in [5.41, 5.74) is 0. The van der Waals surface area contributed by atoms with Crippen LogP contribution in [0.2, 0.25) is 0 Å². The van der Waals surface area contributed by atoms with Crippen molar-refractivity contribution >= 4 is 0 Å². The highest BCUT2D eigenvalue weighted by molar-refractivity contribution is 4.72. The van der Waals surface area contributed by atoms with Gasteiger partial charge in [0.25, 0.3) is 6.41 Å². The summed E-state index contributed by atoms with van der Waals surface area (Å²) >= 11 is 0. The lowest BCUT2D eigenvalue weighted by Crippen LogP contribution is -2.38. The predicted molar refractivity (Wildman–Crippen MR) is 62.9 cm³/mol. The third-order valence-corrected chi connectivity index (χ3v) is 2.85. The summed E-state index contributed by atoms with van der Waals surface area (Å²) in [7, 11) is 0. The average molecular weight is 273 g/mol. The molecule has 7 heteroatoms. The normalized spacial score (nSPS) is 32.7. The zero-order chi connectivity index (χ0) is 13.1. The van der Waals surface area contributed by atoms with Crippen molar-refractivity contribution in [2.24, 2.45) is 0 Å². The average Bonchev–Trinajstić information content (AvgIpc) is 3.29. The first-order valence-corrected chi connectivity index (χ1v) is 6.47. The standard InChI is InChI=1S/C12H19NO6/c1-2-13(19-8-11-5-16-11)12(17-6-9-3-14-9)18-7-10-4-15-10/h2,9-12H,1,3-8H2. The first-order chi connectivity index (χ1) is 9.35. The number of nitrogens with zero attached hydrogens (tertiary/aromatic N) is 1. The topological polar surface area (TPSA) is 68.5 Å². The molecule has 0 bridgehead atoms. The molecule has 3 heterocycles. The number of epoxide rings is 3. The minimum atomic E-state index is -0.635. The Kier molecular flexibility index (Phi) is 4.31. The van der Waals surface area contributed by atoms with Gasteiger partial charge >= 0.3 is 0 Å². The zero-order valence-corrected chi connectivity index (χ0v) is 10.7. The molecule has 0 spiro atoms. The smallest absolute Gasteiger partial charge is 0.263 e.